The van der Waals surface area contributed by atoms with Gasteiger partial charge in [0, 0.05) is 23.2 Å². The molecule has 1 aliphatic heterocycles. The van der Waals surface area contributed by atoms with Gasteiger partial charge in [0.2, 0.25) is 0 Å². The van der Waals surface area contributed by atoms with Crippen molar-refractivity contribution in [2.24, 2.45) is 11.8 Å². The van der Waals surface area contributed by atoms with E-state index in [0.717, 1.165) is 22.0 Å². The van der Waals surface area contributed by atoms with E-state index in [1.54, 1.807) is 0 Å². The summed E-state index contributed by atoms with van der Waals surface area (Å²) >= 11 is 3.62. The topological polar surface area (TPSA) is 29.3 Å². The zero-order chi connectivity index (χ0) is 11.1. The van der Waals surface area contributed by atoms with Crippen LogP contribution in [0.1, 0.15) is 19.3 Å². The van der Waals surface area contributed by atoms with Crippen LogP contribution in [0.15, 0.2) is 22.7 Å². The first kappa shape index (κ1) is 10.5. The van der Waals surface area contributed by atoms with Crippen LogP contribution in [0, 0.1) is 11.8 Å². The number of anilines is 2. The first-order valence-corrected chi connectivity index (χ1v) is 6.83. The Labute approximate surface area is 105 Å². The van der Waals surface area contributed by atoms with Crippen molar-refractivity contribution >= 4 is 27.3 Å². The molecule has 0 amide bonds. The number of nitrogens with two attached hydrogens (primary N) is 1. The maximum absolute atomic E-state index is 5.77. The van der Waals surface area contributed by atoms with E-state index in [2.05, 4.69) is 26.9 Å². The molecule has 0 spiro atoms. The lowest BCUT2D eigenvalue weighted by Crippen LogP contribution is -2.21. The fourth-order valence-corrected chi connectivity index (χ4v) is 3.86. The molecule has 0 radical (unpaired) electrons. The Morgan fingerprint density at radius 3 is 2.50 bits per heavy atom. The average Bonchev–Trinajstić information content (AvgIpc) is 2.76. The minimum absolute atomic E-state index is 0.829. The Kier molecular flexibility index (Phi) is 2.58. The van der Waals surface area contributed by atoms with Gasteiger partial charge < -0.3 is 10.6 Å². The molecule has 3 heteroatoms. The van der Waals surface area contributed by atoms with Gasteiger partial charge in [-0.15, -0.1) is 0 Å². The van der Waals surface area contributed by atoms with Gasteiger partial charge >= 0.3 is 0 Å². The number of benzene rings is 1. The van der Waals surface area contributed by atoms with Gasteiger partial charge in [-0.1, -0.05) is 6.42 Å². The second-order valence-electron chi connectivity index (χ2n) is 5.07. The zero-order valence-corrected chi connectivity index (χ0v) is 10.9. The SMILES string of the molecule is Nc1ccc(N2CC3CCCC3C2)c(Br)c1. The predicted octanol–water partition coefficient (Wildman–Crippen LogP) is 3.27. The molecule has 2 N–H and O–H groups in total. The molecule has 0 bridgehead atoms. The van der Waals surface area contributed by atoms with Crippen LogP contribution in [0.5, 0.6) is 0 Å². The van der Waals surface area contributed by atoms with Gasteiger partial charge in [-0.2, -0.15) is 0 Å². The monoisotopic (exact) mass is 280 g/mol. The summed E-state index contributed by atoms with van der Waals surface area (Å²) in [6.45, 7) is 2.46. The van der Waals surface area contributed by atoms with E-state index in [1.807, 2.05) is 12.1 Å². The summed E-state index contributed by atoms with van der Waals surface area (Å²) in [6.07, 6.45) is 4.29. The maximum atomic E-state index is 5.77. The molecule has 2 atom stereocenters. The van der Waals surface area contributed by atoms with E-state index in [4.69, 9.17) is 5.73 Å². The second-order valence-corrected chi connectivity index (χ2v) is 5.92. The van der Waals surface area contributed by atoms with Crippen molar-refractivity contribution in [2.45, 2.75) is 19.3 Å². The average molecular weight is 281 g/mol. The third-order valence-corrected chi connectivity index (χ3v) is 4.67. The molecule has 2 aliphatic rings. The molecule has 86 valence electrons. The van der Waals surface area contributed by atoms with Gasteiger partial charge in [-0.3, -0.25) is 0 Å². The Morgan fingerprint density at radius 2 is 1.88 bits per heavy atom. The van der Waals surface area contributed by atoms with E-state index >= 15 is 0 Å². The Morgan fingerprint density at radius 1 is 1.19 bits per heavy atom. The molecule has 0 aromatic heterocycles. The number of hydrogen-bond acceptors (Lipinski definition) is 2. The molecule has 1 saturated carbocycles. The van der Waals surface area contributed by atoms with Gasteiger partial charge in [0.05, 0.1) is 5.69 Å². The van der Waals surface area contributed by atoms with Crippen molar-refractivity contribution in [3.8, 4) is 0 Å². The van der Waals surface area contributed by atoms with Crippen LogP contribution in [0.4, 0.5) is 11.4 Å². The highest BCUT2D eigenvalue weighted by Crippen LogP contribution is 2.41. The molecular formula is C13H17BrN2. The van der Waals surface area contributed by atoms with Crippen LogP contribution < -0.4 is 10.6 Å². The van der Waals surface area contributed by atoms with Crippen LogP contribution in [-0.2, 0) is 0 Å². The van der Waals surface area contributed by atoms with Crippen LogP contribution in [0.2, 0.25) is 0 Å². The largest absolute Gasteiger partial charge is 0.399 e. The van der Waals surface area contributed by atoms with Gasteiger partial charge in [0.25, 0.3) is 0 Å². The molecule has 1 heterocycles. The Hall–Kier alpha value is -0.700. The molecule has 2 unspecified atom stereocenters. The number of fused-ring (bicyclic) bond motifs is 1. The minimum atomic E-state index is 0.829. The van der Waals surface area contributed by atoms with Crippen molar-refractivity contribution in [1.29, 1.82) is 0 Å². The summed E-state index contributed by atoms with van der Waals surface area (Å²) in [5.41, 5.74) is 7.91. The van der Waals surface area contributed by atoms with Crippen LogP contribution in [0.25, 0.3) is 0 Å². The van der Waals surface area contributed by atoms with E-state index in [0.29, 0.717) is 0 Å². The lowest BCUT2D eigenvalue weighted by Gasteiger charge is -2.21. The summed E-state index contributed by atoms with van der Waals surface area (Å²) in [6, 6.07) is 6.14. The smallest absolute Gasteiger partial charge is 0.0512 e. The van der Waals surface area contributed by atoms with Crippen LogP contribution in [0.3, 0.4) is 0 Å². The van der Waals surface area contributed by atoms with Crippen molar-refractivity contribution in [1.82, 2.24) is 0 Å². The first-order valence-electron chi connectivity index (χ1n) is 6.04. The maximum Gasteiger partial charge on any atom is 0.0512 e. The summed E-state index contributed by atoms with van der Waals surface area (Å²) in [7, 11) is 0. The number of rotatable bonds is 1. The summed E-state index contributed by atoms with van der Waals surface area (Å²) in [5, 5.41) is 0. The Bertz CT molecular complexity index is 393. The highest BCUT2D eigenvalue weighted by Gasteiger charge is 2.36. The molecule has 1 aliphatic carbocycles. The highest BCUT2D eigenvalue weighted by atomic mass is 79.9. The quantitative estimate of drug-likeness (QED) is 0.800. The standard InChI is InChI=1S/C13H17BrN2/c14-12-6-11(15)4-5-13(12)16-7-9-2-1-3-10(9)8-16/h4-6,9-10H,1-3,7-8,15H2. The normalized spacial score (nSPS) is 28.4. The summed E-state index contributed by atoms with van der Waals surface area (Å²) in [4.78, 5) is 2.51. The van der Waals surface area contributed by atoms with E-state index in [1.165, 1.54) is 38.0 Å². The number of halogens is 1. The molecular weight excluding hydrogens is 264 g/mol. The summed E-state index contributed by atoms with van der Waals surface area (Å²) in [5.74, 6) is 1.87. The van der Waals surface area contributed by atoms with Crippen molar-refractivity contribution in [2.75, 3.05) is 23.7 Å². The molecule has 16 heavy (non-hydrogen) atoms. The molecule has 1 saturated heterocycles. The van der Waals surface area contributed by atoms with E-state index in [9.17, 15) is 0 Å². The third kappa shape index (κ3) is 1.71. The lowest BCUT2D eigenvalue weighted by molar-refractivity contribution is 0.494. The Balaban J connectivity index is 1.83. The first-order chi connectivity index (χ1) is 7.74. The van der Waals surface area contributed by atoms with Crippen molar-refractivity contribution < 1.29 is 0 Å². The van der Waals surface area contributed by atoms with E-state index in [-0.39, 0.29) is 0 Å². The zero-order valence-electron chi connectivity index (χ0n) is 9.32. The lowest BCUT2D eigenvalue weighted by atomic mass is 10.0. The second kappa shape index (κ2) is 3.95. The van der Waals surface area contributed by atoms with Crippen LogP contribution in [-0.4, -0.2) is 13.1 Å². The highest BCUT2D eigenvalue weighted by molar-refractivity contribution is 9.10. The third-order valence-electron chi connectivity index (χ3n) is 4.04. The van der Waals surface area contributed by atoms with E-state index < -0.39 is 0 Å². The van der Waals surface area contributed by atoms with Gasteiger partial charge in [0.1, 0.15) is 0 Å². The molecule has 3 rings (SSSR count). The molecule has 1 aromatic carbocycles. The fourth-order valence-electron chi connectivity index (χ4n) is 3.21. The molecule has 1 aromatic rings. The predicted molar refractivity (Wildman–Crippen MR) is 71.6 cm³/mol. The van der Waals surface area contributed by atoms with Crippen molar-refractivity contribution in [3.05, 3.63) is 22.7 Å². The number of hydrogen-bond donors (Lipinski definition) is 1. The minimum Gasteiger partial charge on any atom is -0.399 e. The molecule has 2 nitrogen and oxygen atoms in total. The fraction of sp³-hybridized carbons (Fsp3) is 0.538. The van der Waals surface area contributed by atoms with Gasteiger partial charge in [-0.25, -0.2) is 0 Å². The van der Waals surface area contributed by atoms with Crippen LogP contribution >= 0.6 is 15.9 Å². The van der Waals surface area contributed by atoms with Gasteiger partial charge in [0.15, 0.2) is 0 Å². The number of nitrogen functional groups attached to an aromatic ring is 1. The number of nitrogens with zero attached hydrogens (tertiary/aromatic N) is 1. The summed E-state index contributed by atoms with van der Waals surface area (Å²) < 4.78 is 1.13. The van der Waals surface area contributed by atoms with Crippen molar-refractivity contribution in [3.63, 3.8) is 0 Å². The molecule has 2 fully saturated rings. The van der Waals surface area contributed by atoms with Gasteiger partial charge in [-0.05, 0) is 58.8 Å².